The predicted octanol–water partition coefficient (Wildman–Crippen LogP) is 4.13. The molecule has 2 rings (SSSR count). The number of nitrogens with zero attached hydrogens (tertiary/aromatic N) is 1. The minimum absolute atomic E-state index is 0.232. The van der Waals surface area contributed by atoms with E-state index in [0.29, 0.717) is 11.1 Å². The molecule has 0 bridgehead atoms. The van der Waals surface area contributed by atoms with Gasteiger partial charge in [-0.1, -0.05) is 31.0 Å². The number of nitrogens with one attached hydrogen (secondary N) is 2. The molecule has 5 heteroatoms. The maximum absolute atomic E-state index is 11.8. The van der Waals surface area contributed by atoms with Crippen molar-refractivity contribution in [1.29, 1.82) is 0 Å². The molecular weight excluding hydrogens is 322 g/mol. The molecule has 0 unspecified atom stereocenters. The molecule has 0 spiro atoms. The summed E-state index contributed by atoms with van der Waals surface area (Å²) in [5, 5.41) is 7.13. The summed E-state index contributed by atoms with van der Waals surface area (Å²) < 4.78 is 0. The van der Waals surface area contributed by atoms with Crippen molar-refractivity contribution in [3.8, 4) is 0 Å². The molecule has 0 aromatic rings. The van der Waals surface area contributed by atoms with Crippen LogP contribution in [0.1, 0.15) is 58.8 Å². The summed E-state index contributed by atoms with van der Waals surface area (Å²) in [6, 6.07) is 0. The largest absolute Gasteiger partial charge is 0.385 e. The number of hydrogen-bond acceptors (Lipinski definition) is 3. The van der Waals surface area contributed by atoms with Gasteiger partial charge in [0.25, 0.3) is 0 Å². The lowest BCUT2D eigenvalue weighted by atomic mass is 9.85. The van der Waals surface area contributed by atoms with Gasteiger partial charge in [-0.3, -0.25) is 4.79 Å². The number of amides is 1. The zero-order chi connectivity index (χ0) is 17.4. The van der Waals surface area contributed by atoms with Gasteiger partial charge in [0, 0.05) is 30.9 Å². The van der Waals surface area contributed by atoms with E-state index in [1.54, 1.807) is 6.92 Å². The highest BCUT2D eigenvalue weighted by Gasteiger charge is 2.28. The number of carbonyl (C=O) groups excluding carboxylic acids is 1. The second-order valence-corrected chi connectivity index (χ2v) is 7.26. The molecule has 0 aromatic carbocycles. The second-order valence-electron chi connectivity index (χ2n) is 6.71. The molecule has 2 saturated carbocycles. The van der Waals surface area contributed by atoms with Gasteiger partial charge in [-0.2, -0.15) is 0 Å². The Morgan fingerprint density at radius 2 is 1.88 bits per heavy atom. The summed E-state index contributed by atoms with van der Waals surface area (Å²) in [5.41, 5.74) is 2.43. The van der Waals surface area contributed by atoms with E-state index < -0.39 is 0 Å². The molecule has 0 saturated heterocycles. The van der Waals surface area contributed by atoms with Crippen LogP contribution >= 0.6 is 11.6 Å². The van der Waals surface area contributed by atoms with E-state index in [0.717, 1.165) is 38.8 Å². The van der Waals surface area contributed by atoms with Gasteiger partial charge in [-0.05, 0) is 56.9 Å². The Bertz CT molecular complexity index is 513. The monoisotopic (exact) mass is 351 g/mol. The van der Waals surface area contributed by atoms with Crippen molar-refractivity contribution in [3.63, 3.8) is 0 Å². The molecule has 2 fully saturated rings. The van der Waals surface area contributed by atoms with Crippen LogP contribution in [0.2, 0.25) is 0 Å². The Kier molecular flexibility index (Phi) is 7.83. The topological polar surface area (TPSA) is 53.5 Å². The van der Waals surface area contributed by atoms with Crippen LogP contribution in [-0.4, -0.2) is 24.2 Å². The Hall–Kier alpha value is -1.29. The van der Waals surface area contributed by atoms with E-state index in [-0.39, 0.29) is 11.8 Å². The first-order chi connectivity index (χ1) is 11.6. The summed E-state index contributed by atoms with van der Waals surface area (Å²) in [4.78, 5) is 16.1. The smallest absolute Gasteiger partial charge is 0.223 e. The molecule has 2 aliphatic rings. The summed E-state index contributed by atoms with van der Waals surface area (Å²) in [7, 11) is 0. The summed E-state index contributed by atoms with van der Waals surface area (Å²) in [6.07, 6.45) is 11.8. The van der Waals surface area contributed by atoms with Crippen molar-refractivity contribution < 1.29 is 4.79 Å². The average molecular weight is 352 g/mol. The second kappa shape index (κ2) is 9.87. The number of halogens is 1. The molecule has 4 nitrogen and oxygen atoms in total. The van der Waals surface area contributed by atoms with Gasteiger partial charge in [0.05, 0.1) is 0 Å². The minimum atomic E-state index is 0.232. The normalized spacial score (nSPS) is 19.9. The molecule has 0 aliphatic heterocycles. The Labute approximate surface area is 150 Å². The van der Waals surface area contributed by atoms with Crippen molar-refractivity contribution >= 4 is 22.7 Å². The molecule has 0 heterocycles. The Balaban J connectivity index is 1.77. The van der Waals surface area contributed by atoms with Gasteiger partial charge in [0.2, 0.25) is 5.91 Å². The van der Waals surface area contributed by atoms with Crippen LogP contribution in [0.3, 0.4) is 0 Å². The molecule has 2 aliphatic carbocycles. The Morgan fingerprint density at radius 1 is 1.17 bits per heavy atom. The third-order valence-electron chi connectivity index (χ3n) is 4.56. The quantitative estimate of drug-likeness (QED) is 0.353. The zero-order valence-electron chi connectivity index (χ0n) is 14.9. The van der Waals surface area contributed by atoms with E-state index in [9.17, 15) is 4.79 Å². The first kappa shape index (κ1) is 19.0. The van der Waals surface area contributed by atoms with Crippen LogP contribution in [-0.2, 0) is 4.79 Å². The van der Waals surface area contributed by atoms with Gasteiger partial charge in [0.1, 0.15) is 5.17 Å². The fraction of sp³-hybridized carbons (Fsp3) is 0.684. The van der Waals surface area contributed by atoms with Gasteiger partial charge in [-0.25, -0.2) is 4.99 Å². The molecular formula is C19H30ClN3O. The maximum Gasteiger partial charge on any atom is 0.223 e. The van der Waals surface area contributed by atoms with Crippen LogP contribution < -0.4 is 10.6 Å². The van der Waals surface area contributed by atoms with Crippen molar-refractivity contribution in [3.05, 3.63) is 23.5 Å². The van der Waals surface area contributed by atoms with Gasteiger partial charge in [-0.15, -0.1) is 0 Å². The van der Waals surface area contributed by atoms with Crippen molar-refractivity contribution in [2.45, 2.75) is 58.8 Å². The number of aliphatic imine (C=N–C) groups is 1. The predicted molar refractivity (Wildman–Crippen MR) is 101 cm³/mol. The molecule has 0 aromatic heterocycles. The van der Waals surface area contributed by atoms with Crippen LogP contribution in [0.25, 0.3) is 0 Å². The van der Waals surface area contributed by atoms with Crippen LogP contribution in [0.5, 0.6) is 0 Å². The van der Waals surface area contributed by atoms with E-state index in [1.807, 2.05) is 6.20 Å². The van der Waals surface area contributed by atoms with Crippen molar-refractivity contribution in [2.75, 3.05) is 13.1 Å². The molecule has 2 N–H and O–H groups in total. The van der Waals surface area contributed by atoms with Gasteiger partial charge >= 0.3 is 0 Å². The van der Waals surface area contributed by atoms with Crippen molar-refractivity contribution in [1.82, 2.24) is 10.6 Å². The Morgan fingerprint density at radius 3 is 2.42 bits per heavy atom. The number of allylic oxidation sites excluding steroid dienone is 2. The number of carbonyl (C=O) groups is 1. The summed E-state index contributed by atoms with van der Waals surface area (Å²) in [5.74, 6) is 1.11. The van der Waals surface area contributed by atoms with E-state index in [4.69, 9.17) is 11.6 Å². The highest BCUT2D eigenvalue weighted by molar-refractivity contribution is 6.64. The molecule has 0 atom stereocenters. The van der Waals surface area contributed by atoms with E-state index >= 15 is 0 Å². The lowest BCUT2D eigenvalue weighted by molar-refractivity contribution is -0.127. The van der Waals surface area contributed by atoms with Gasteiger partial charge in [0.15, 0.2) is 0 Å². The SMILES string of the molecule is CC/C=C(NCCCNC(=O)C1CCC1)/C(=C\N=C(C)Cl)C1CC1. The molecule has 1 amide bonds. The lowest BCUT2D eigenvalue weighted by Crippen LogP contribution is -2.35. The summed E-state index contributed by atoms with van der Waals surface area (Å²) >= 11 is 5.87. The molecule has 24 heavy (non-hydrogen) atoms. The fourth-order valence-corrected chi connectivity index (χ4v) is 2.83. The first-order valence-electron chi connectivity index (χ1n) is 9.24. The lowest BCUT2D eigenvalue weighted by Gasteiger charge is -2.24. The van der Waals surface area contributed by atoms with Crippen LogP contribution in [0, 0.1) is 11.8 Å². The fourth-order valence-electron chi connectivity index (χ4n) is 2.78. The standard InChI is InChI=1S/C19H30ClN3O/c1-3-6-18(17(15-9-10-15)13-23-14(2)20)21-11-5-12-22-19(24)16-7-4-8-16/h6,13,15-16,21H,3-5,7-12H2,1-2H3,(H,22,24)/b17-13-,18-6-,23-14?. The van der Waals surface area contributed by atoms with Gasteiger partial charge < -0.3 is 10.6 Å². The highest BCUT2D eigenvalue weighted by atomic mass is 35.5. The van der Waals surface area contributed by atoms with E-state index in [1.165, 1.54) is 30.5 Å². The highest BCUT2D eigenvalue weighted by Crippen LogP contribution is 2.39. The average Bonchev–Trinajstić information content (AvgIpc) is 3.29. The van der Waals surface area contributed by atoms with Crippen LogP contribution in [0.4, 0.5) is 0 Å². The third-order valence-corrected chi connectivity index (χ3v) is 4.66. The molecule has 134 valence electrons. The molecule has 0 radical (unpaired) electrons. The van der Waals surface area contributed by atoms with E-state index in [2.05, 4.69) is 28.6 Å². The summed E-state index contributed by atoms with van der Waals surface area (Å²) in [6.45, 7) is 5.53. The number of hydrogen-bond donors (Lipinski definition) is 2. The number of rotatable bonds is 10. The third kappa shape index (κ3) is 6.31. The van der Waals surface area contributed by atoms with Crippen LogP contribution in [0.15, 0.2) is 28.5 Å². The van der Waals surface area contributed by atoms with Crippen molar-refractivity contribution in [2.24, 2.45) is 16.8 Å². The first-order valence-corrected chi connectivity index (χ1v) is 9.61. The zero-order valence-corrected chi connectivity index (χ0v) is 15.7. The minimum Gasteiger partial charge on any atom is -0.385 e. The maximum atomic E-state index is 11.8.